The number of benzene rings is 2. The molecule has 0 radical (unpaired) electrons. The molecule has 1 aromatic heterocycles. The van der Waals surface area contributed by atoms with E-state index in [4.69, 9.17) is 16.3 Å². The van der Waals surface area contributed by atoms with E-state index in [1.807, 2.05) is 42.5 Å². The van der Waals surface area contributed by atoms with E-state index in [9.17, 15) is 0 Å². The van der Waals surface area contributed by atoms with Crippen molar-refractivity contribution < 1.29 is 4.74 Å². The van der Waals surface area contributed by atoms with Gasteiger partial charge in [-0.3, -0.25) is 4.57 Å². The molecule has 0 spiro atoms. The number of para-hydroxylation sites is 1. The molecule has 0 unspecified atom stereocenters. The van der Waals surface area contributed by atoms with Gasteiger partial charge in [0.25, 0.3) is 0 Å². The Balaban J connectivity index is 1.66. The highest BCUT2D eigenvalue weighted by Gasteiger charge is 2.19. The first-order valence-corrected chi connectivity index (χ1v) is 10.2. The second-order valence-corrected chi connectivity index (χ2v) is 7.71. The minimum absolute atomic E-state index is 0.300. The third kappa shape index (κ3) is 3.95. The molecule has 26 heavy (non-hydrogen) atoms. The van der Waals surface area contributed by atoms with Crippen molar-refractivity contribution in [2.75, 3.05) is 12.4 Å². The van der Waals surface area contributed by atoms with Gasteiger partial charge in [0, 0.05) is 28.6 Å². The van der Waals surface area contributed by atoms with Crippen molar-refractivity contribution in [1.82, 2.24) is 14.8 Å². The number of nitrogens with zero attached hydrogens (tertiary/aromatic N) is 3. The number of rotatable bonds is 5. The molecule has 0 amide bonds. The van der Waals surface area contributed by atoms with Gasteiger partial charge in [0.15, 0.2) is 11.0 Å². The molecule has 4 nitrogen and oxygen atoms in total. The average molecular weight is 386 g/mol. The minimum atomic E-state index is 0.300. The highest BCUT2D eigenvalue weighted by molar-refractivity contribution is 7.99. The third-order valence-corrected chi connectivity index (χ3v) is 5.74. The van der Waals surface area contributed by atoms with Crippen LogP contribution in [-0.2, 0) is 4.74 Å². The average Bonchev–Trinajstić information content (AvgIpc) is 3.12. The molecular formula is C20H20ClN3OS. The lowest BCUT2D eigenvalue weighted by molar-refractivity contribution is 0.0315. The molecule has 1 aliphatic rings. The van der Waals surface area contributed by atoms with E-state index in [1.54, 1.807) is 11.8 Å². The predicted octanol–water partition coefficient (Wildman–Crippen LogP) is 5.25. The van der Waals surface area contributed by atoms with Gasteiger partial charge in [-0.1, -0.05) is 41.6 Å². The summed E-state index contributed by atoms with van der Waals surface area (Å²) < 4.78 is 7.96. The predicted molar refractivity (Wildman–Crippen MR) is 106 cm³/mol. The van der Waals surface area contributed by atoms with Crippen LogP contribution in [0, 0.1) is 0 Å². The normalized spacial score (nSPS) is 17.3. The molecule has 6 heteroatoms. The monoisotopic (exact) mass is 385 g/mol. The maximum atomic E-state index is 6.04. The lowest BCUT2D eigenvalue weighted by Gasteiger charge is -2.22. The van der Waals surface area contributed by atoms with Gasteiger partial charge < -0.3 is 4.74 Å². The van der Waals surface area contributed by atoms with E-state index < -0.39 is 0 Å². The van der Waals surface area contributed by atoms with Crippen LogP contribution in [-0.4, -0.2) is 33.2 Å². The zero-order valence-corrected chi connectivity index (χ0v) is 15.9. The number of aromatic nitrogens is 3. The zero-order valence-electron chi connectivity index (χ0n) is 14.3. The SMILES string of the molecule is Clc1ccc(-c2nnc(SC[C@H]3CCCCO3)n2-c2ccccc2)cc1. The lowest BCUT2D eigenvalue weighted by Crippen LogP contribution is -2.21. The summed E-state index contributed by atoms with van der Waals surface area (Å²) in [5.41, 5.74) is 2.04. The first-order valence-electron chi connectivity index (χ1n) is 8.82. The second kappa shape index (κ2) is 8.25. The number of hydrogen-bond acceptors (Lipinski definition) is 4. The zero-order chi connectivity index (χ0) is 17.8. The summed E-state index contributed by atoms with van der Waals surface area (Å²) in [6.07, 6.45) is 3.83. The van der Waals surface area contributed by atoms with Gasteiger partial charge in [-0.2, -0.15) is 0 Å². The second-order valence-electron chi connectivity index (χ2n) is 6.28. The molecule has 3 aromatic rings. The Kier molecular flexibility index (Phi) is 5.58. The smallest absolute Gasteiger partial charge is 0.196 e. The number of ether oxygens (including phenoxy) is 1. The number of halogens is 1. The summed E-state index contributed by atoms with van der Waals surface area (Å²) in [5, 5.41) is 10.5. The van der Waals surface area contributed by atoms with Gasteiger partial charge in [-0.25, -0.2) is 0 Å². The first-order chi connectivity index (χ1) is 12.8. The summed E-state index contributed by atoms with van der Waals surface area (Å²) in [5.74, 6) is 1.71. The fourth-order valence-corrected chi connectivity index (χ4v) is 4.21. The summed E-state index contributed by atoms with van der Waals surface area (Å²) in [6, 6.07) is 17.9. The Hall–Kier alpha value is -1.82. The van der Waals surface area contributed by atoms with Crippen LogP contribution in [0.4, 0.5) is 0 Å². The first kappa shape index (κ1) is 17.6. The molecule has 134 valence electrons. The van der Waals surface area contributed by atoms with Crippen LogP contribution < -0.4 is 0 Å². The summed E-state index contributed by atoms with van der Waals surface area (Å²) in [6.45, 7) is 0.868. The van der Waals surface area contributed by atoms with Gasteiger partial charge >= 0.3 is 0 Å². The number of thioether (sulfide) groups is 1. The molecule has 1 saturated heterocycles. The van der Waals surface area contributed by atoms with Crippen LogP contribution in [0.3, 0.4) is 0 Å². The van der Waals surface area contributed by atoms with Crippen molar-refractivity contribution in [3.8, 4) is 17.1 Å². The molecule has 4 rings (SSSR count). The molecule has 1 aliphatic heterocycles. The van der Waals surface area contributed by atoms with Crippen LogP contribution in [0.2, 0.25) is 5.02 Å². The molecule has 1 fully saturated rings. The summed E-state index contributed by atoms with van der Waals surface area (Å²) in [4.78, 5) is 0. The number of hydrogen-bond donors (Lipinski definition) is 0. The van der Waals surface area contributed by atoms with Gasteiger partial charge in [0.1, 0.15) is 0 Å². The fraction of sp³-hybridized carbons (Fsp3) is 0.300. The van der Waals surface area contributed by atoms with Gasteiger partial charge in [0.2, 0.25) is 0 Å². The van der Waals surface area contributed by atoms with Crippen molar-refractivity contribution in [2.45, 2.75) is 30.5 Å². The van der Waals surface area contributed by atoms with Crippen molar-refractivity contribution in [2.24, 2.45) is 0 Å². The molecule has 2 heterocycles. The van der Waals surface area contributed by atoms with Crippen LogP contribution in [0.1, 0.15) is 19.3 Å². The Morgan fingerprint density at radius 3 is 2.58 bits per heavy atom. The van der Waals surface area contributed by atoms with Crippen molar-refractivity contribution in [1.29, 1.82) is 0 Å². The van der Waals surface area contributed by atoms with E-state index >= 15 is 0 Å². The Labute approximate surface area is 162 Å². The molecule has 1 atom stereocenters. The quantitative estimate of drug-likeness (QED) is 0.562. The molecular weight excluding hydrogens is 366 g/mol. The van der Waals surface area contributed by atoms with E-state index in [1.165, 1.54) is 12.8 Å². The highest BCUT2D eigenvalue weighted by Crippen LogP contribution is 2.30. The van der Waals surface area contributed by atoms with Gasteiger partial charge in [0.05, 0.1) is 6.10 Å². The van der Waals surface area contributed by atoms with Gasteiger partial charge in [-0.05, 0) is 55.7 Å². The molecule has 2 aromatic carbocycles. The maximum Gasteiger partial charge on any atom is 0.196 e. The largest absolute Gasteiger partial charge is 0.377 e. The van der Waals surface area contributed by atoms with E-state index in [0.29, 0.717) is 11.1 Å². The highest BCUT2D eigenvalue weighted by atomic mass is 35.5. The lowest BCUT2D eigenvalue weighted by atomic mass is 10.1. The van der Waals surface area contributed by atoms with Crippen LogP contribution >= 0.6 is 23.4 Å². The van der Waals surface area contributed by atoms with Gasteiger partial charge in [-0.15, -0.1) is 10.2 Å². The maximum absolute atomic E-state index is 6.04. The topological polar surface area (TPSA) is 39.9 Å². The Morgan fingerprint density at radius 2 is 1.85 bits per heavy atom. The van der Waals surface area contributed by atoms with Crippen molar-refractivity contribution in [3.05, 3.63) is 59.6 Å². The Morgan fingerprint density at radius 1 is 1.04 bits per heavy atom. The van der Waals surface area contributed by atoms with Crippen molar-refractivity contribution >= 4 is 23.4 Å². The molecule has 0 saturated carbocycles. The molecule has 0 aliphatic carbocycles. The van der Waals surface area contributed by atoms with Crippen LogP contribution in [0.25, 0.3) is 17.1 Å². The van der Waals surface area contributed by atoms with Crippen molar-refractivity contribution in [3.63, 3.8) is 0 Å². The summed E-state index contributed by atoms with van der Waals surface area (Å²) in [7, 11) is 0. The fourth-order valence-electron chi connectivity index (χ4n) is 3.07. The minimum Gasteiger partial charge on any atom is -0.377 e. The van der Waals surface area contributed by atoms with E-state index in [2.05, 4.69) is 26.9 Å². The van der Waals surface area contributed by atoms with E-state index in [0.717, 1.165) is 41.0 Å². The summed E-state index contributed by atoms with van der Waals surface area (Å²) >= 11 is 7.74. The van der Waals surface area contributed by atoms with Crippen LogP contribution in [0.5, 0.6) is 0 Å². The third-order valence-electron chi connectivity index (χ3n) is 4.42. The Bertz CT molecular complexity index is 845. The standard InChI is InChI=1S/C20H20ClN3OS/c21-16-11-9-15(10-12-16)19-22-23-20(24(19)17-6-2-1-3-7-17)26-14-18-8-4-5-13-25-18/h1-3,6-7,9-12,18H,4-5,8,13-14H2/t18-/m1/s1. The van der Waals surface area contributed by atoms with E-state index in [-0.39, 0.29) is 0 Å². The molecule has 0 bridgehead atoms. The molecule has 0 N–H and O–H groups in total. The van der Waals surface area contributed by atoms with Crippen LogP contribution in [0.15, 0.2) is 59.8 Å².